The highest BCUT2D eigenvalue weighted by Gasteiger charge is 2.21. The Bertz CT molecular complexity index is 995. The van der Waals surface area contributed by atoms with Crippen molar-refractivity contribution >= 4 is 11.7 Å². The van der Waals surface area contributed by atoms with Crippen molar-refractivity contribution in [3.8, 4) is 11.5 Å². The molecule has 2 aromatic carbocycles. The van der Waals surface area contributed by atoms with Crippen molar-refractivity contribution in [2.45, 2.75) is 26.9 Å². The van der Waals surface area contributed by atoms with E-state index in [9.17, 15) is 14.9 Å². The number of aryl methyl sites for hydroxylation is 1. The van der Waals surface area contributed by atoms with Crippen LogP contribution in [0.2, 0.25) is 0 Å². The molecule has 0 aliphatic carbocycles. The first-order chi connectivity index (χ1) is 12.9. The number of aromatic nitrogens is 2. The van der Waals surface area contributed by atoms with Gasteiger partial charge in [-0.05, 0) is 50.1 Å². The van der Waals surface area contributed by atoms with E-state index in [0.29, 0.717) is 11.1 Å². The van der Waals surface area contributed by atoms with Crippen LogP contribution in [-0.4, -0.2) is 21.1 Å². The Labute approximate surface area is 155 Å². The van der Waals surface area contributed by atoms with Crippen molar-refractivity contribution in [2.75, 3.05) is 0 Å². The van der Waals surface area contributed by atoms with E-state index < -0.39 is 17.0 Å². The minimum atomic E-state index is -0.739. The van der Waals surface area contributed by atoms with Crippen LogP contribution < -0.4 is 0 Å². The standard InChI is InChI=1S/C19H17N3O5/c1-11-5-4-6-16(12(11)2)19(23)26-13(3)17-20-21-18(27-17)14-7-9-15(10-8-14)22(24)25/h4-10,13H,1-3H3/t13-/m1/s1. The predicted molar refractivity (Wildman–Crippen MR) is 96.1 cm³/mol. The summed E-state index contributed by atoms with van der Waals surface area (Å²) in [7, 11) is 0. The molecule has 0 saturated carbocycles. The van der Waals surface area contributed by atoms with Crippen LogP contribution >= 0.6 is 0 Å². The topological polar surface area (TPSA) is 108 Å². The average molecular weight is 367 g/mol. The Balaban J connectivity index is 1.74. The van der Waals surface area contributed by atoms with Gasteiger partial charge in [-0.3, -0.25) is 10.1 Å². The van der Waals surface area contributed by atoms with Gasteiger partial charge < -0.3 is 9.15 Å². The molecule has 0 spiro atoms. The molecule has 8 nitrogen and oxygen atoms in total. The first-order valence-electron chi connectivity index (χ1n) is 8.22. The molecule has 3 aromatic rings. The molecule has 0 unspecified atom stereocenters. The third kappa shape index (κ3) is 3.84. The molecular formula is C19H17N3O5. The molecule has 1 heterocycles. The second-order valence-electron chi connectivity index (χ2n) is 6.04. The van der Waals surface area contributed by atoms with Gasteiger partial charge in [-0.15, -0.1) is 10.2 Å². The molecule has 1 atom stereocenters. The van der Waals surface area contributed by atoms with Crippen molar-refractivity contribution in [3.63, 3.8) is 0 Å². The zero-order valence-corrected chi connectivity index (χ0v) is 15.0. The maximum Gasteiger partial charge on any atom is 0.339 e. The maximum absolute atomic E-state index is 12.4. The van der Waals surface area contributed by atoms with Crippen LogP contribution in [0, 0.1) is 24.0 Å². The van der Waals surface area contributed by atoms with E-state index in [2.05, 4.69) is 10.2 Å². The number of hydrogen-bond acceptors (Lipinski definition) is 7. The summed E-state index contributed by atoms with van der Waals surface area (Å²) >= 11 is 0. The number of nitro groups is 1. The molecule has 0 fully saturated rings. The molecule has 0 bridgehead atoms. The van der Waals surface area contributed by atoms with Gasteiger partial charge in [-0.25, -0.2) is 4.79 Å². The Morgan fingerprint density at radius 3 is 2.52 bits per heavy atom. The quantitative estimate of drug-likeness (QED) is 0.378. The van der Waals surface area contributed by atoms with Crippen molar-refractivity contribution < 1.29 is 18.9 Å². The van der Waals surface area contributed by atoms with Crippen LogP contribution in [0.5, 0.6) is 0 Å². The highest BCUT2D eigenvalue weighted by molar-refractivity contribution is 5.91. The summed E-state index contributed by atoms with van der Waals surface area (Å²) in [5.74, 6) is -0.143. The second kappa shape index (κ2) is 7.36. The SMILES string of the molecule is Cc1cccc(C(=O)O[C@H](C)c2nnc(-c3ccc([N+](=O)[O-])cc3)o2)c1C. The number of hydrogen-bond donors (Lipinski definition) is 0. The van der Waals surface area contributed by atoms with Crippen LogP contribution in [0.3, 0.4) is 0 Å². The molecule has 0 aliphatic heterocycles. The second-order valence-corrected chi connectivity index (χ2v) is 6.04. The van der Waals surface area contributed by atoms with Gasteiger partial charge in [0.15, 0.2) is 6.10 Å². The van der Waals surface area contributed by atoms with E-state index >= 15 is 0 Å². The molecule has 0 radical (unpaired) electrons. The fourth-order valence-electron chi connectivity index (χ4n) is 2.49. The Kier molecular flexibility index (Phi) is 4.98. The number of ether oxygens (including phenoxy) is 1. The number of carbonyl (C=O) groups excluding carboxylic acids is 1. The van der Waals surface area contributed by atoms with E-state index in [0.717, 1.165) is 11.1 Å². The van der Waals surface area contributed by atoms with Crippen LogP contribution in [0.1, 0.15) is 40.4 Å². The summed E-state index contributed by atoms with van der Waals surface area (Å²) < 4.78 is 11.0. The van der Waals surface area contributed by atoms with E-state index in [1.54, 1.807) is 19.1 Å². The first-order valence-corrected chi connectivity index (χ1v) is 8.22. The molecule has 1 aromatic heterocycles. The maximum atomic E-state index is 12.4. The number of non-ortho nitro benzene ring substituents is 1. The number of nitrogens with zero attached hydrogens (tertiary/aromatic N) is 3. The zero-order valence-electron chi connectivity index (χ0n) is 15.0. The molecule has 0 amide bonds. The molecule has 0 saturated heterocycles. The van der Waals surface area contributed by atoms with E-state index in [1.165, 1.54) is 24.3 Å². The Morgan fingerprint density at radius 1 is 1.15 bits per heavy atom. The smallest absolute Gasteiger partial charge is 0.339 e. The normalized spacial score (nSPS) is 11.8. The first kappa shape index (κ1) is 18.2. The molecule has 0 N–H and O–H groups in total. The minimum Gasteiger partial charge on any atom is -0.449 e. The molecule has 0 aliphatic rings. The van der Waals surface area contributed by atoms with Crippen LogP contribution in [0.4, 0.5) is 5.69 Å². The van der Waals surface area contributed by atoms with Crippen molar-refractivity contribution in [1.82, 2.24) is 10.2 Å². The number of carbonyl (C=O) groups is 1. The summed E-state index contributed by atoms with van der Waals surface area (Å²) in [6.07, 6.45) is -0.739. The highest BCUT2D eigenvalue weighted by atomic mass is 16.6. The average Bonchev–Trinajstić information content (AvgIpc) is 3.14. The summed E-state index contributed by atoms with van der Waals surface area (Å²) in [6, 6.07) is 11.2. The van der Waals surface area contributed by atoms with Gasteiger partial charge in [0.1, 0.15) is 0 Å². The number of rotatable bonds is 5. The van der Waals surface area contributed by atoms with E-state index in [-0.39, 0.29) is 17.5 Å². The van der Waals surface area contributed by atoms with Crippen molar-refractivity contribution in [1.29, 1.82) is 0 Å². The summed E-state index contributed by atoms with van der Waals surface area (Å²) in [6.45, 7) is 5.41. The molecule has 138 valence electrons. The van der Waals surface area contributed by atoms with Crippen LogP contribution in [0.25, 0.3) is 11.5 Å². The fraction of sp³-hybridized carbons (Fsp3) is 0.211. The highest BCUT2D eigenvalue weighted by Crippen LogP contribution is 2.25. The van der Waals surface area contributed by atoms with Gasteiger partial charge in [-0.2, -0.15) is 0 Å². The molecule has 27 heavy (non-hydrogen) atoms. The van der Waals surface area contributed by atoms with Crippen molar-refractivity contribution in [2.24, 2.45) is 0 Å². The van der Waals surface area contributed by atoms with E-state index in [4.69, 9.17) is 9.15 Å². The lowest BCUT2D eigenvalue weighted by Crippen LogP contribution is -2.11. The van der Waals surface area contributed by atoms with Gasteiger partial charge in [0, 0.05) is 17.7 Å². The molecule has 3 rings (SSSR count). The number of benzene rings is 2. The lowest BCUT2D eigenvalue weighted by atomic mass is 10.0. The summed E-state index contributed by atoms with van der Waals surface area (Å²) in [4.78, 5) is 22.6. The van der Waals surface area contributed by atoms with Gasteiger partial charge in [0.25, 0.3) is 11.6 Å². The van der Waals surface area contributed by atoms with Crippen molar-refractivity contribution in [3.05, 3.63) is 75.2 Å². The lowest BCUT2D eigenvalue weighted by Gasteiger charge is -2.12. The summed E-state index contributed by atoms with van der Waals surface area (Å²) in [5, 5.41) is 18.5. The van der Waals surface area contributed by atoms with Crippen LogP contribution in [-0.2, 0) is 4.74 Å². The zero-order chi connectivity index (χ0) is 19.6. The molecular weight excluding hydrogens is 350 g/mol. The van der Waals surface area contributed by atoms with Gasteiger partial charge in [-0.1, -0.05) is 12.1 Å². The predicted octanol–water partition coefficient (Wildman–Crippen LogP) is 4.18. The number of nitro benzene ring substituents is 1. The lowest BCUT2D eigenvalue weighted by molar-refractivity contribution is -0.384. The van der Waals surface area contributed by atoms with Gasteiger partial charge in [0.05, 0.1) is 10.5 Å². The minimum absolute atomic E-state index is 0.0330. The molecule has 8 heteroatoms. The number of esters is 1. The summed E-state index contributed by atoms with van der Waals surface area (Å²) in [5.41, 5.74) is 2.83. The monoisotopic (exact) mass is 367 g/mol. The largest absolute Gasteiger partial charge is 0.449 e. The Morgan fingerprint density at radius 2 is 1.85 bits per heavy atom. The van der Waals surface area contributed by atoms with E-state index in [1.807, 2.05) is 19.9 Å². The van der Waals surface area contributed by atoms with Crippen LogP contribution in [0.15, 0.2) is 46.9 Å². The fourth-order valence-corrected chi connectivity index (χ4v) is 2.49. The third-order valence-electron chi connectivity index (χ3n) is 4.22. The third-order valence-corrected chi connectivity index (χ3v) is 4.22. The van der Waals surface area contributed by atoms with Gasteiger partial charge in [0.2, 0.25) is 5.89 Å². The Hall–Kier alpha value is -3.55. The van der Waals surface area contributed by atoms with Gasteiger partial charge >= 0.3 is 5.97 Å².